The van der Waals surface area contributed by atoms with Gasteiger partial charge in [0, 0.05) is 0 Å². The number of anilines is 1. The fourth-order valence-electron chi connectivity index (χ4n) is 2.72. The Morgan fingerprint density at radius 1 is 1.16 bits per heavy atom. The van der Waals surface area contributed by atoms with Gasteiger partial charge < -0.3 is 10.3 Å². The van der Waals surface area contributed by atoms with Gasteiger partial charge in [-0.3, -0.25) is 9.59 Å². The average molecular weight is 358 g/mol. The number of amides is 1. The summed E-state index contributed by atoms with van der Waals surface area (Å²) >= 11 is 6.05. The summed E-state index contributed by atoms with van der Waals surface area (Å²) in [6.45, 7) is 1.73. The Morgan fingerprint density at radius 2 is 1.84 bits per heavy atom. The molecule has 3 rings (SSSR count). The van der Waals surface area contributed by atoms with Crippen molar-refractivity contribution in [3.05, 3.63) is 74.4 Å². The van der Waals surface area contributed by atoms with E-state index in [-0.39, 0.29) is 6.42 Å². The molecule has 2 aromatic carbocycles. The number of aromatic amines is 1. The lowest BCUT2D eigenvalue weighted by Gasteiger charge is -2.18. The Balaban J connectivity index is 2.05. The first-order valence-electron chi connectivity index (χ1n) is 7.82. The maximum atomic E-state index is 12.7. The summed E-state index contributed by atoms with van der Waals surface area (Å²) in [5.41, 5.74) is -0.252. The lowest BCUT2D eigenvalue weighted by molar-refractivity contribution is -0.119. The molecule has 0 aliphatic rings. The van der Waals surface area contributed by atoms with Crippen molar-refractivity contribution >= 4 is 34.1 Å². The third kappa shape index (κ3) is 3.21. The molecule has 0 radical (unpaired) electrons. The van der Waals surface area contributed by atoms with Crippen LogP contribution in [0, 0.1) is 0 Å². The highest BCUT2D eigenvalue weighted by Gasteiger charge is 2.23. The summed E-state index contributed by atoms with van der Waals surface area (Å²) < 4.78 is 0.953. The number of hydrogen-bond acceptors (Lipinski definition) is 3. The predicted molar refractivity (Wildman–Crippen MR) is 98.2 cm³/mol. The lowest BCUT2D eigenvalue weighted by Crippen LogP contribution is -2.42. The van der Waals surface area contributed by atoms with Crippen molar-refractivity contribution in [1.82, 2.24) is 9.55 Å². The number of aromatic nitrogens is 2. The molecule has 0 bridgehead atoms. The first kappa shape index (κ1) is 17.0. The van der Waals surface area contributed by atoms with Gasteiger partial charge in [-0.1, -0.05) is 42.8 Å². The zero-order valence-electron chi connectivity index (χ0n) is 13.5. The van der Waals surface area contributed by atoms with Crippen LogP contribution < -0.4 is 16.6 Å². The van der Waals surface area contributed by atoms with Gasteiger partial charge in [-0.2, -0.15) is 0 Å². The molecule has 0 aliphatic carbocycles. The Hall–Kier alpha value is -2.86. The largest absolute Gasteiger partial charge is 0.329 e. The van der Waals surface area contributed by atoms with Gasteiger partial charge in [-0.05, 0) is 30.7 Å². The molecule has 7 heteroatoms. The van der Waals surface area contributed by atoms with E-state index >= 15 is 0 Å². The van der Waals surface area contributed by atoms with E-state index in [0.29, 0.717) is 21.6 Å². The van der Waals surface area contributed by atoms with Crippen LogP contribution >= 0.6 is 11.6 Å². The van der Waals surface area contributed by atoms with Crippen molar-refractivity contribution in [3.8, 4) is 0 Å². The van der Waals surface area contributed by atoms with E-state index in [1.165, 1.54) is 0 Å². The minimum atomic E-state index is -0.947. The topological polar surface area (TPSA) is 84.0 Å². The molecule has 1 aromatic heterocycles. The molecular formula is C18H16ClN3O3. The number of nitrogens with one attached hydrogen (secondary N) is 2. The summed E-state index contributed by atoms with van der Waals surface area (Å²) in [6, 6.07) is 12.5. The van der Waals surface area contributed by atoms with Crippen molar-refractivity contribution in [1.29, 1.82) is 0 Å². The van der Waals surface area contributed by atoms with Crippen molar-refractivity contribution in [2.45, 2.75) is 19.4 Å². The van der Waals surface area contributed by atoms with Crippen LogP contribution in [0.2, 0.25) is 5.02 Å². The first-order chi connectivity index (χ1) is 12.0. The molecule has 25 heavy (non-hydrogen) atoms. The number of para-hydroxylation sites is 2. The molecule has 6 nitrogen and oxygen atoms in total. The quantitative estimate of drug-likeness (QED) is 0.753. The van der Waals surface area contributed by atoms with E-state index in [0.717, 1.165) is 4.57 Å². The SMILES string of the molecule is CC[C@H](C(=O)Nc1ccccc1Cl)n1c(=O)[nH]c2ccccc2c1=O. The normalized spacial score (nSPS) is 12.1. The second-order valence-electron chi connectivity index (χ2n) is 5.54. The zero-order chi connectivity index (χ0) is 18.0. The number of benzene rings is 2. The van der Waals surface area contributed by atoms with Crippen molar-refractivity contribution in [2.75, 3.05) is 5.32 Å². The molecule has 0 saturated carbocycles. The molecule has 0 unspecified atom stereocenters. The highest BCUT2D eigenvalue weighted by Crippen LogP contribution is 2.22. The first-order valence-corrected chi connectivity index (χ1v) is 8.19. The molecule has 0 aliphatic heterocycles. The van der Waals surface area contributed by atoms with Gasteiger partial charge in [0.2, 0.25) is 5.91 Å². The molecule has 128 valence electrons. The minimum Gasteiger partial charge on any atom is -0.323 e. The highest BCUT2D eigenvalue weighted by molar-refractivity contribution is 6.33. The number of fused-ring (bicyclic) bond motifs is 1. The lowest BCUT2D eigenvalue weighted by atomic mass is 10.1. The molecule has 2 N–H and O–H groups in total. The van der Waals surface area contributed by atoms with Gasteiger partial charge in [-0.25, -0.2) is 9.36 Å². The van der Waals surface area contributed by atoms with E-state index < -0.39 is 23.2 Å². The summed E-state index contributed by atoms with van der Waals surface area (Å²) in [4.78, 5) is 40.4. The Bertz CT molecular complexity index is 1060. The van der Waals surface area contributed by atoms with E-state index in [9.17, 15) is 14.4 Å². The number of hydrogen-bond donors (Lipinski definition) is 2. The summed E-state index contributed by atoms with van der Waals surface area (Å²) in [5, 5.41) is 3.41. The molecule has 1 amide bonds. The van der Waals surface area contributed by atoms with Gasteiger partial charge in [-0.15, -0.1) is 0 Å². The number of halogens is 1. The van der Waals surface area contributed by atoms with Crippen LogP contribution in [0.3, 0.4) is 0 Å². The molecule has 0 fully saturated rings. The van der Waals surface area contributed by atoms with Crippen LogP contribution in [0.4, 0.5) is 5.69 Å². The Kier molecular flexibility index (Phi) is 4.72. The van der Waals surface area contributed by atoms with E-state index in [1.807, 2.05) is 0 Å². The number of nitrogens with zero attached hydrogens (tertiary/aromatic N) is 1. The number of carbonyl (C=O) groups excluding carboxylic acids is 1. The maximum absolute atomic E-state index is 12.7. The van der Waals surface area contributed by atoms with Gasteiger partial charge >= 0.3 is 5.69 Å². The second-order valence-corrected chi connectivity index (χ2v) is 5.95. The van der Waals surface area contributed by atoms with E-state index in [2.05, 4.69) is 10.3 Å². The second kappa shape index (κ2) is 6.94. The Morgan fingerprint density at radius 3 is 2.56 bits per heavy atom. The van der Waals surface area contributed by atoms with Crippen molar-refractivity contribution < 1.29 is 4.79 Å². The van der Waals surface area contributed by atoms with E-state index in [4.69, 9.17) is 11.6 Å². The van der Waals surface area contributed by atoms with Gasteiger partial charge in [0.05, 0.1) is 21.6 Å². The number of rotatable bonds is 4. The number of H-pyrrole nitrogens is 1. The van der Waals surface area contributed by atoms with Crippen molar-refractivity contribution in [2.24, 2.45) is 0 Å². The fourth-order valence-corrected chi connectivity index (χ4v) is 2.91. The number of carbonyl (C=O) groups is 1. The monoisotopic (exact) mass is 357 g/mol. The van der Waals surface area contributed by atoms with E-state index in [1.54, 1.807) is 55.5 Å². The third-order valence-corrected chi connectivity index (χ3v) is 4.30. The summed E-state index contributed by atoms with van der Waals surface area (Å²) in [6.07, 6.45) is 0.275. The Labute approximate surface area is 148 Å². The van der Waals surface area contributed by atoms with Crippen LogP contribution in [0.5, 0.6) is 0 Å². The van der Waals surface area contributed by atoms with Crippen LogP contribution in [0.25, 0.3) is 10.9 Å². The maximum Gasteiger partial charge on any atom is 0.329 e. The van der Waals surface area contributed by atoms with Gasteiger partial charge in [0.1, 0.15) is 6.04 Å². The molecule has 3 aromatic rings. The van der Waals surface area contributed by atoms with Crippen molar-refractivity contribution in [3.63, 3.8) is 0 Å². The summed E-state index contributed by atoms with van der Waals surface area (Å²) in [7, 11) is 0. The molecule has 0 saturated heterocycles. The van der Waals surface area contributed by atoms with Gasteiger partial charge in [0.25, 0.3) is 5.56 Å². The minimum absolute atomic E-state index is 0.275. The third-order valence-electron chi connectivity index (χ3n) is 3.97. The highest BCUT2D eigenvalue weighted by atomic mass is 35.5. The average Bonchev–Trinajstić information content (AvgIpc) is 2.60. The van der Waals surface area contributed by atoms with Gasteiger partial charge in [0.15, 0.2) is 0 Å². The zero-order valence-corrected chi connectivity index (χ0v) is 14.2. The molecular weight excluding hydrogens is 342 g/mol. The smallest absolute Gasteiger partial charge is 0.323 e. The molecule has 0 spiro atoms. The van der Waals surface area contributed by atoms with Crippen LogP contribution in [0.1, 0.15) is 19.4 Å². The standard InChI is InChI=1S/C18H16ClN3O3/c1-2-15(16(23)20-14-10-6-4-8-12(14)19)22-17(24)11-7-3-5-9-13(11)21-18(22)25/h3-10,15H,2H2,1H3,(H,20,23)(H,21,25)/t15-/m1/s1. The van der Waals surface area contributed by atoms with Crippen LogP contribution in [-0.2, 0) is 4.79 Å². The molecule has 1 atom stereocenters. The summed E-state index contributed by atoms with van der Waals surface area (Å²) in [5.74, 6) is -0.474. The van der Waals surface area contributed by atoms with Crippen LogP contribution in [0.15, 0.2) is 58.1 Å². The molecule has 1 heterocycles. The fraction of sp³-hybridized carbons (Fsp3) is 0.167. The van der Waals surface area contributed by atoms with Crippen LogP contribution in [-0.4, -0.2) is 15.5 Å². The predicted octanol–water partition coefficient (Wildman–Crippen LogP) is 2.93.